The van der Waals surface area contributed by atoms with E-state index >= 15 is 0 Å². The third kappa shape index (κ3) is 5.56. The molecule has 6 nitrogen and oxygen atoms in total. The zero-order valence-corrected chi connectivity index (χ0v) is 15.7. The summed E-state index contributed by atoms with van der Waals surface area (Å²) in [4.78, 5) is 14.8. The van der Waals surface area contributed by atoms with Crippen molar-refractivity contribution in [3.8, 4) is 11.6 Å². The topological polar surface area (TPSA) is 69.0 Å². The maximum Gasteiger partial charge on any atom is 0.411 e. The van der Waals surface area contributed by atoms with Crippen molar-refractivity contribution in [2.24, 2.45) is 9.98 Å². The standard InChI is InChI=1S/C17H13Cl2F3N4O2/c18-12-9-24-15(19)26-14(12)27-8-6-10-1-3-11(4-2-10)28-16-23-7-5-13(25-16)17(20,21)22/h1-4,7,9,13H,5-6,8H2. The molecule has 1 aliphatic heterocycles. The lowest BCUT2D eigenvalue weighted by atomic mass is 10.1. The number of aliphatic imine (C=N–C) groups is 2. The maximum absolute atomic E-state index is 12.7. The second-order valence-electron chi connectivity index (χ2n) is 5.65. The average molecular weight is 433 g/mol. The molecule has 148 valence electrons. The van der Waals surface area contributed by atoms with Crippen molar-refractivity contribution in [2.45, 2.75) is 25.1 Å². The van der Waals surface area contributed by atoms with Crippen molar-refractivity contribution in [1.29, 1.82) is 0 Å². The van der Waals surface area contributed by atoms with E-state index in [-0.39, 0.29) is 35.2 Å². The number of amidine groups is 1. The minimum atomic E-state index is -4.43. The fourth-order valence-corrected chi connectivity index (χ4v) is 2.51. The number of alkyl halides is 3. The summed E-state index contributed by atoms with van der Waals surface area (Å²) < 4.78 is 49.0. The second kappa shape index (κ2) is 8.74. The lowest BCUT2D eigenvalue weighted by Gasteiger charge is -2.18. The Bertz CT molecular complexity index is 889. The van der Waals surface area contributed by atoms with Crippen molar-refractivity contribution in [3.05, 3.63) is 46.3 Å². The first kappa shape index (κ1) is 20.3. The Labute approximate surface area is 168 Å². The molecule has 0 N–H and O–H groups in total. The average Bonchev–Trinajstić information content (AvgIpc) is 2.65. The summed E-state index contributed by atoms with van der Waals surface area (Å²) in [6, 6.07) is 4.57. The summed E-state index contributed by atoms with van der Waals surface area (Å²) in [5.74, 6) is 0.517. The SMILES string of the molecule is FC(F)(F)C1CC=NC(Oc2ccc(CCOc3nc(Cl)ncc3Cl)cc2)=N1. The van der Waals surface area contributed by atoms with E-state index in [1.807, 2.05) is 0 Å². The van der Waals surface area contributed by atoms with Crippen LogP contribution in [0.4, 0.5) is 13.2 Å². The molecule has 0 aliphatic carbocycles. The molecule has 1 aromatic carbocycles. The molecule has 0 saturated carbocycles. The van der Waals surface area contributed by atoms with Gasteiger partial charge in [0.2, 0.25) is 11.2 Å². The lowest BCUT2D eigenvalue weighted by molar-refractivity contribution is -0.145. The Morgan fingerprint density at radius 2 is 1.89 bits per heavy atom. The number of hydrogen-bond acceptors (Lipinski definition) is 6. The fourth-order valence-electron chi connectivity index (χ4n) is 2.24. The Kier molecular flexibility index (Phi) is 6.35. The third-order valence-corrected chi connectivity index (χ3v) is 4.06. The smallest absolute Gasteiger partial charge is 0.411 e. The molecule has 0 fully saturated rings. The van der Waals surface area contributed by atoms with Crippen LogP contribution in [0.1, 0.15) is 12.0 Å². The van der Waals surface area contributed by atoms with Gasteiger partial charge in [-0.15, -0.1) is 0 Å². The van der Waals surface area contributed by atoms with Crippen LogP contribution in [0.25, 0.3) is 0 Å². The van der Waals surface area contributed by atoms with Gasteiger partial charge in [0, 0.05) is 19.1 Å². The first-order chi connectivity index (χ1) is 13.3. The molecular weight excluding hydrogens is 420 g/mol. The summed E-state index contributed by atoms with van der Waals surface area (Å²) in [5, 5.41) is 0.279. The molecule has 1 aliphatic rings. The van der Waals surface area contributed by atoms with E-state index < -0.39 is 12.2 Å². The van der Waals surface area contributed by atoms with Crippen molar-refractivity contribution >= 4 is 35.4 Å². The molecule has 0 radical (unpaired) electrons. The molecule has 3 rings (SSSR count). The van der Waals surface area contributed by atoms with E-state index in [0.29, 0.717) is 12.2 Å². The molecule has 1 unspecified atom stereocenters. The van der Waals surface area contributed by atoms with Gasteiger partial charge in [-0.05, 0) is 29.3 Å². The van der Waals surface area contributed by atoms with E-state index in [1.165, 1.54) is 6.20 Å². The fraction of sp³-hybridized carbons (Fsp3) is 0.294. The summed E-state index contributed by atoms with van der Waals surface area (Å²) in [6.07, 6.45) is -1.69. The van der Waals surface area contributed by atoms with E-state index in [1.54, 1.807) is 24.3 Å². The zero-order valence-electron chi connectivity index (χ0n) is 14.2. The molecule has 28 heavy (non-hydrogen) atoms. The highest BCUT2D eigenvalue weighted by molar-refractivity contribution is 6.32. The minimum absolute atomic E-state index is 0.0296. The van der Waals surface area contributed by atoms with Crippen LogP contribution in [0.15, 0.2) is 40.4 Å². The van der Waals surface area contributed by atoms with Crippen molar-refractivity contribution in [1.82, 2.24) is 9.97 Å². The van der Waals surface area contributed by atoms with Crippen LogP contribution in [-0.4, -0.2) is 41.0 Å². The minimum Gasteiger partial charge on any atom is -0.476 e. The number of halogens is 5. The quantitative estimate of drug-likeness (QED) is 0.650. The van der Waals surface area contributed by atoms with Gasteiger partial charge < -0.3 is 9.47 Å². The van der Waals surface area contributed by atoms with Crippen molar-refractivity contribution in [3.63, 3.8) is 0 Å². The normalized spacial score (nSPS) is 16.6. The largest absolute Gasteiger partial charge is 0.476 e. The Hall–Kier alpha value is -2.39. The van der Waals surface area contributed by atoms with Crippen LogP contribution < -0.4 is 9.47 Å². The van der Waals surface area contributed by atoms with Gasteiger partial charge in [-0.25, -0.2) is 15.0 Å². The molecule has 0 saturated heterocycles. The molecule has 11 heteroatoms. The second-order valence-corrected chi connectivity index (χ2v) is 6.40. The Balaban J connectivity index is 1.54. The first-order valence-corrected chi connectivity index (χ1v) is 8.81. The lowest BCUT2D eigenvalue weighted by Crippen LogP contribution is -2.31. The summed E-state index contributed by atoms with van der Waals surface area (Å²) >= 11 is 11.6. The van der Waals surface area contributed by atoms with Crippen molar-refractivity contribution in [2.75, 3.05) is 6.61 Å². The van der Waals surface area contributed by atoms with E-state index in [0.717, 1.165) is 11.8 Å². The number of benzene rings is 1. The summed E-state index contributed by atoms with van der Waals surface area (Å²) in [7, 11) is 0. The highest BCUT2D eigenvalue weighted by Gasteiger charge is 2.40. The molecule has 2 aromatic rings. The monoisotopic (exact) mass is 432 g/mol. The predicted molar refractivity (Wildman–Crippen MR) is 98.7 cm³/mol. The first-order valence-electron chi connectivity index (χ1n) is 8.06. The van der Waals surface area contributed by atoms with Gasteiger partial charge in [0.05, 0.1) is 12.8 Å². The molecule has 0 bridgehead atoms. The van der Waals surface area contributed by atoms with Gasteiger partial charge in [0.25, 0.3) is 0 Å². The Morgan fingerprint density at radius 1 is 1.14 bits per heavy atom. The number of hydrogen-bond donors (Lipinski definition) is 0. The van der Waals surface area contributed by atoms with Gasteiger partial charge in [0.1, 0.15) is 10.8 Å². The van der Waals surface area contributed by atoms with Crippen LogP contribution in [0.3, 0.4) is 0 Å². The van der Waals surface area contributed by atoms with Crippen LogP contribution >= 0.6 is 23.2 Å². The number of rotatable bonds is 5. The molecule has 1 atom stereocenters. The number of ether oxygens (including phenoxy) is 2. The van der Waals surface area contributed by atoms with Gasteiger partial charge in [0.15, 0.2) is 6.04 Å². The highest BCUT2D eigenvalue weighted by Crippen LogP contribution is 2.27. The highest BCUT2D eigenvalue weighted by atomic mass is 35.5. The maximum atomic E-state index is 12.7. The number of nitrogens with zero attached hydrogens (tertiary/aromatic N) is 4. The van der Waals surface area contributed by atoms with Gasteiger partial charge >= 0.3 is 12.2 Å². The summed E-state index contributed by atoms with van der Waals surface area (Å²) in [5.41, 5.74) is 0.908. The predicted octanol–water partition coefficient (Wildman–Crippen LogP) is 4.55. The van der Waals surface area contributed by atoms with Gasteiger partial charge in [-0.2, -0.15) is 18.2 Å². The molecular formula is C17H13Cl2F3N4O2. The van der Waals surface area contributed by atoms with Crippen LogP contribution in [0.2, 0.25) is 10.3 Å². The van der Waals surface area contributed by atoms with Crippen LogP contribution in [-0.2, 0) is 6.42 Å². The number of aromatic nitrogens is 2. The third-order valence-electron chi connectivity index (χ3n) is 3.62. The summed E-state index contributed by atoms with van der Waals surface area (Å²) in [6.45, 7) is 0.289. The molecule has 0 amide bonds. The van der Waals surface area contributed by atoms with E-state index in [2.05, 4.69) is 20.0 Å². The van der Waals surface area contributed by atoms with E-state index in [4.69, 9.17) is 32.7 Å². The Morgan fingerprint density at radius 3 is 2.61 bits per heavy atom. The van der Waals surface area contributed by atoms with Gasteiger partial charge in [-0.3, -0.25) is 0 Å². The van der Waals surface area contributed by atoms with Gasteiger partial charge in [-0.1, -0.05) is 23.7 Å². The van der Waals surface area contributed by atoms with Crippen LogP contribution in [0.5, 0.6) is 11.6 Å². The van der Waals surface area contributed by atoms with Crippen molar-refractivity contribution < 1.29 is 22.6 Å². The van der Waals surface area contributed by atoms with Crippen LogP contribution in [0, 0.1) is 0 Å². The molecule has 0 spiro atoms. The molecule has 2 heterocycles. The van der Waals surface area contributed by atoms with E-state index in [9.17, 15) is 13.2 Å². The zero-order chi connectivity index (χ0) is 20.1. The molecule has 1 aromatic heterocycles.